The highest BCUT2D eigenvalue weighted by Crippen LogP contribution is 2.13. The number of nitro benzene ring substituents is 1. The summed E-state index contributed by atoms with van der Waals surface area (Å²) in [4.78, 5) is 14.5. The second-order valence-electron chi connectivity index (χ2n) is 4.34. The molecule has 122 valence electrons. The molecule has 2 aromatic carbocycles. The Morgan fingerprint density at radius 1 is 1.12 bits per heavy atom. The van der Waals surface area contributed by atoms with Gasteiger partial charge in [-0.1, -0.05) is 18.2 Å². The SMILES string of the molecule is [N-]=[N+]=N/C(=N\NS(=O)(=O)c1ccccc1)c1ccc([N+](=O)[O-])cc1. The molecule has 0 spiro atoms. The Hall–Kier alpha value is -3.43. The molecule has 0 heterocycles. The number of hydrogen-bond acceptors (Lipinski definition) is 5. The Balaban J connectivity index is 2.32. The Morgan fingerprint density at radius 3 is 2.29 bits per heavy atom. The van der Waals surface area contributed by atoms with Gasteiger partial charge in [-0.15, -0.1) is 0 Å². The topological polar surface area (TPSA) is 150 Å². The molecule has 0 aliphatic heterocycles. The summed E-state index contributed by atoms with van der Waals surface area (Å²) < 4.78 is 24.1. The molecule has 0 aliphatic carbocycles. The summed E-state index contributed by atoms with van der Waals surface area (Å²) in [5.41, 5.74) is 8.63. The van der Waals surface area contributed by atoms with Crippen LogP contribution in [0, 0.1) is 10.1 Å². The van der Waals surface area contributed by atoms with Gasteiger partial charge in [0.05, 0.1) is 9.82 Å². The molecule has 10 nitrogen and oxygen atoms in total. The number of hydrogen-bond donors (Lipinski definition) is 1. The second kappa shape index (κ2) is 7.22. The standard InChI is InChI=1S/C13H10N6O4S/c14-17-15-13(10-6-8-11(9-7-10)19(20)21)16-18-24(22,23)12-4-2-1-3-5-12/h1-9,18H/b16-13-. The van der Waals surface area contributed by atoms with Gasteiger partial charge in [0.25, 0.3) is 15.7 Å². The van der Waals surface area contributed by atoms with E-state index in [0.29, 0.717) is 0 Å². The van der Waals surface area contributed by atoms with E-state index in [1.54, 1.807) is 18.2 Å². The zero-order chi connectivity index (χ0) is 17.6. The molecule has 0 unspecified atom stereocenters. The normalized spacial score (nSPS) is 11.4. The molecule has 0 aliphatic rings. The number of non-ortho nitro benzene ring substituents is 1. The number of amidine groups is 1. The highest BCUT2D eigenvalue weighted by atomic mass is 32.2. The molecule has 24 heavy (non-hydrogen) atoms. The number of azide groups is 1. The molecule has 11 heteroatoms. The van der Waals surface area contributed by atoms with Gasteiger partial charge < -0.3 is 0 Å². The molecule has 0 bridgehead atoms. The van der Waals surface area contributed by atoms with Crippen molar-refractivity contribution in [3.8, 4) is 0 Å². The lowest BCUT2D eigenvalue weighted by atomic mass is 10.2. The lowest BCUT2D eigenvalue weighted by Crippen LogP contribution is -2.20. The van der Waals surface area contributed by atoms with Crippen LogP contribution >= 0.6 is 0 Å². The van der Waals surface area contributed by atoms with Crippen molar-refractivity contribution < 1.29 is 13.3 Å². The van der Waals surface area contributed by atoms with E-state index >= 15 is 0 Å². The molecule has 1 N–H and O–H groups in total. The van der Waals surface area contributed by atoms with E-state index in [1.807, 2.05) is 4.83 Å². The molecule has 0 atom stereocenters. The minimum atomic E-state index is -3.93. The molecule has 0 fully saturated rings. The van der Waals surface area contributed by atoms with Gasteiger partial charge in [-0.3, -0.25) is 10.1 Å². The summed E-state index contributed by atoms with van der Waals surface area (Å²) in [7, 11) is -3.93. The van der Waals surface area contributed by atoms with Crippen LogP contribution in [-0.4, -0.2) is 19.2 Å². The molecular weight excluding hydrogens is 336 g/mol. The maximum Gasteiger partial charge on any atom is 0.276 e. The van der Waals surface area contributed by atoms with Crippen molar-refractivity contribution in [1.82, 2.24) is 4.83 Å². The van der Waals surface area contributed by atoms with Crippen LogP contribution in [0.15, 0.2) is 69.7 Å². The summed E-state index contributed by atoms with van der Waals surface area (Å²) >= 11 is 0. The van der Waals surface area contributed by atoms with E-state index in [1.165, 1.54) is 36.4 Å². The summed E-state index contributed by atoms with van der Waals surface area (Å²) in [6.07, 6.45) is 0. The van der Waals surface area contributed by atoms with Gasteiger partial charge in [0.2, 0.25) is 0 Å². The Kier molecular flexibility index (Phi) is 5.09. The summed E-state index contributed by atoms with van der Waals surface area (Å²) in [6.45, 7) is 0. The molecule has 0 aromatic heterocycles. The molecule has 2 rings (SSSR count). The molecule has 2 aromatic rings. The third-order valence-electron chi connectivity index (χ3n) is 2.80. The van der Waals surface area contributed by atoms with E-state index in [-0.39, 0.29) is 22.0 Å². The number of sulfonamides is 1. The van der Waals surface area contributed by atoms with E-state index in [0.717, 1.165) is 0 Å². The summed E-state index contributed by atoms with van der Waals surface area (Å²) in [5, 5.41) is 17.5. The van der Waals surface area contributed by atoms with Crippen LogP contribution in [0.3, 0.4) is 0 Å². The van der Waals surface area contributed by atoms with Gasteiger partial charge in [-0.25, -0.2) is 0 Å². The summed E-state index contributed by atoms with van der Waals surface area (Å²) in [5.74, 6) is -0.271. The zero-order valence-electron chi connectivity index (χ0n) is 12.0. The number of nitrogens with zero attached hydrogens (tertiary/aromatic N) is 5. The van der Waals surface area contributed by atoms with Gasteiger partial charge in [0.1, 0.15) is 0 Å². The van der Waals surface area contributed by atoms with Gasteiger partial charge in [-0.2, -0.15) is 18.4 Å². The second-order valence-corrected chi connectivity index (χ2v) is 6.00. The van der Waals surface area contributed by atoms with E-state index in [9.17, 15) is 18.5 Å². The molecule has 0 radical (unpaired) electrons. The van der Waals surface area contributed by atoms with Crippen molar-refractivity contribution in [2.24, 2.45) is 10.2 Å². The average molecular weight is 346 g/mol. The van der Waals surface area contributed by atoms with Crippen molar-refractivity contribution in [3.05, 3.63) is 80.7 Å². The molecular formula is C13H10N6O4S. The smallest absolute Gasteiger partial charge is 0.258 e. The highest BCUT2D eigenvalue weighted by molar-refractivity contribution is 7.89. The minimum Gasteiger partial charge on any atom is -0.258 e. The first kappa shape index (κ1) is 16.9. The maximum atomic E-state index is 12.1. The number of nitrogens with one attached hydrogen (secondary N) is 1. The van der Waals surface area contributed by atoms with Crippen molar-refractivity contribution in [2.45, 2.75) is 4.90 Å². The van der Waals surface area contributed by atoms with Crippen LogP contribution in [0.25, 0.3) is 10.4 Å². The third kappa shape index (κ3) is 4.06. The van der Waals surface area contributed by atoms with Crippen LogP contribution in [0.2, 0.25) is 0 Å². The first-order chi connectivity index (χ1) is 11.4. The van der Waals surface area contributed by atoms with Gasteiger partial charge >= 0.3 is 0 Å². The maximum absolute atomic E-state index is 12.1. The van der Waals surface area contributed by atoms with Crippen molar-refractivity contribution in [1.29, 1.82) is 0 Å². The van der Waals surface area contributed by atoms with Crippen LogP contribution < -0.4 is 4.83 Å². The van der Waals surface area contributed by atoms with Crippen molar-refractivity contribution in [3.63, 3.8) is 0 Å². The number of rotatable bonds is 5. The predicted octanol–water partition coefficient (Wildman–Crippen LogP) is 2.55. The monoisotopic (exact) mass is 346 g/mol. The van der Waals surface area contributed by atoms with Gasteiger partial charge in [0, 0.05) is 22.6 Å². The van der Waals surface area contributed by atoms with Gasteiger partial charge in [0.15, 0.2) is 5.84 Å². The van der Waals surface area contributed by atoms with Crippen LogP contribution in [0.4, 0.5) is 5.69 Å². The van der Waals surface area contributed by atoms with Crippen LogP contribution in [0.5, 0.6) is 0 Å². The third-order valence-corrected chi connectivity index (χ3v) is 4.03. The molecule has 0 saturated carbocycles. The van der Waals surface area contributed by atoms with E-state index in [2.05, 4.69) is 15.1 Å². The fourth-order valence-electron chi connectivity index (χ4n) is 1.67. The van der Waals surface area contributed by atoms with E-state index in [4.69, 9.17) is 5.53 Å². The Morgan fingerprint density at radius 2 is 1.75 bits per heavy atom. The summed E-state index contributed by atoms with van der Waals surface area (Å²) in [6, 6.07) is 12.4. The lowest BCUT2D eigenvalue weighted by Gasteiger charge is -2.05. The first-order valence-corrected chi connectivity index (χ1v) is 7.87. The first-order valence-electron chi connectivity index (χ1n) is 6.38. The number of hydrazone groups is 1. The predicted molar refractivity (Wildman–Crippen MR) is 85.5 cm³/mol. The highest BCUT2D eigenvalue weighted by Gasteiger charge is 2.13. The fraction of sp³-hybridized carbons (Fsp3) is 0. The van der Waals surface area contributed by atoms with Crippen LogP contribution in [0.1, 0.15) is 5.56 Å². The fourth-order valence-corrected chi connectivity index (χ4v) is 2.50. The van der Waals surface area contributed by atoms with E-state index < -0.39 is 14.9 Å². The van der Waals surface area contributed by atoms with Crippen molar-refractivity contribution >= 4 is 21.5 Å². The molecule has 0 saturated heterocycles. The average Bonchev–Trinajstić information content (AvgIpc) is 2.59. The number of benzene rings is 2. The van der Waals surface area contributed by atoms with Crippen LogP contribution in [-0.2, 0) is 10.0 Å². The zero-order valence-corrected chi connectivity index (χ0v) is 12.8. The lowest BCUT2D eigenvalue weighted by molar-refractivity contribution is -0.384. The largest absolute Gasteiger partial charge is 0.276 e. The van der Waals surface area contributed by atoms with Gasteiger partial charge in [-0.05, 0) is 34.9 Å². The Labute approximate surface area is 136 Å². The quantitative estimate of drug-likeness (QED) is 0.168. The Bertz CT molecular complexity index is 919. The molecule has 0 amide bonds. The van der Waals surface area contributed by atoms with Crippen molar-refractivity contribution in [2.75, 3.05) is 0 Å². The number of nitro groups is 1. The minimum absolute atomic E-state index is 0.0160.